The number of carbonyl (C=O) groups excluding carboxylic acids is 3. The first kappa shape index (κ1) is 27.4. The van der Waals surface area contributed by atoms with E-state index in [9.17, 15) is 27.9 Å². The van der Waals surface area contributed by atoms with Crippen LogP contribution in [0.1, 0.15) is 59.3 Å². The molecule has 5 atom stereocenters. The van der Waals surface area contributed by atoms with Gasteiger partial charge in [0.15, 0.2) is 0 Å². The first-order valence-corrected chi connectivity index (χ1v) is 14.9. The molecule has 0 aromatic carbocycles. The summed E-state index contributed by atoms with van der Waals surface area (Å²) in [5, 5.41) is 15.2. The maximum absolute atomic E-state index is 13.2. The number of ether oxygens (including phenoxy) is 2. The Kier molecular flexibility index (Phi) is 8.06. The number of hydrogen-bond donors (Lipinski definition) is 2. The first-order chi connectivity index (χ1) is 16.9. The fourth-order valence-electron chi connectivity index (χ4n) is 5.62. The fourth-order valence-corrected chi connectivity index (χ4v) is 8.10. The quantitative estimate of drug-likeness (QED) is 0.246. The monoisotopic (exact) mass is 545 g/mol. The first-order valence-electron chi connectivity index (χ1n) is 12.5. The van der Waals surface area contributed by atoms with Crippen LogP contribution in [-0.4, -0.2) is 77.4 Å². The van der Waals surface area contributed by atoms with E-state index < -0.39 is 46.5 Å². The van der Waals surface area contributed by atoms with Crippen molar-refractivity contribution in [3.05, 3.63) is 10.6 Å². The Bertz CT molecular complexity index is 1030. The molecule has 1 unspecified atom stereocenters. The minimum atomic E-state index is -3.79. The van der Waals surface area contributed by atoms with Crippen molar-refractivity contribution in [2.24, 2.45) is 22.9 Å². The molecule has 0 radical (unpaired) electrons. The highest BCUT2D eigenvalue weighted by Crippen LogP contribution is 2.52. The van der Waals surface area contributed by atoms with Crippen LogP contribution in [-0.2, 0) is 34.1 Å². The number of aliphatic hydroxyl groups is 1. The number of aliphatic hydroxyl groups excluding tert-OH is 1. The molecule has 36 heavy (non-hydrogen) atoms. The van der Waals surface area contributed by atoms with E-state index >= 15 is 0 Å². The predicted octanol–water partition coefficient (Wildman–Crippen LogP) is 1.08. The molecule has 11 nitrogen and oxygen atoms in total. The van der Waals surface area contributed by atoms with Crippen molar-refractivity contribution in [2.75, 3.05) is 13.1 Å². The van der Waals surface area contributed by atoms with Crippen molar-refractivity contribution in [2.45, 2.75) is 83.0 Å². The highest BCUT2D eigenvalue weighted by molar-refractivity contribution is 8.04. The summed E-state index contributed by atoms with van der Waals surface area (Å²) in [5.74, 6) is -2.20. The number of nitrogens with zero attached hydrogens (tertiary/aromatic N) is 2. The van der Waals surface area contributed by atoms with E-state index in [-0.39, 0.29) is 48.2 Å². The zero-order valence-corrected chi connectivity index (χ0v) is 22.4. The largest absolute Gasteiger partial charge is 0.425 e. The molecule has 3 N–H and O–H groups in total. The summed E-state index contributed by atoms with van der Waals surface area (Å²) in [5.41, 5.74) is 0.0728. The van der Waals surface area contributed by atoms with Crippen LogP contribution in [0, 0.1) is 17.8 Å². The lowest BCUT2D eigenvalue weighted by molar-refractivity contribution is -0.186. The van der Waals surface area contributed by atoms with Crippen LogP contribution in [0.5, 0.6) is 0 Å². The van der Waals surface area contributed by atoms with Gasteiger partial charge in [-0.05, 0) is 25.7 Å². The van der Waals surface area contributed by atoms with Crippen molar-refractivity contribution in [3.63, 3.8) is 0 Å². The lowest BCUT2D eigenvalue weighted by atomic mass is 9.79. The molecule has 4 aliphatic rings. The van der Waals surface area contributed by atoms with E-state index in [1.807, 2.05) is 6.92 Å². The maximum Gasteiger partial charge on any atom is 0.358 e. The van der Waals surface area contributed by atoms with Gasteiger partial charge in [0.05, 0.1) is 18.1 Å². The molecule has 0 aromatic heterocycles. The van der Waals surface area contributed by atoms with E-state index in [4.69, 9.17) is 14.6 Å². The predicted molar refractivity (Wildman–Crippen MR) is 131 cm³/mol. The Hall–Kier alpha value is -1.67. The van der Waals surface area contributed by atoms with Crippen LogP contribution >= 0.6 is 11.8 Å². The number of esters is 2. The van der Waals surface area contributed by atoms with Crippen LogP contribution in [0.4, 0.5) is 0 Å². The van der Waals surface area contributed by atoms with E-state index in [1.165, 1.54) is 30.0 Å². The minimum absolute atomic E-state index is 0.0728. The number of amides is 1. The van der Waals surface area contributed by atoms with Gasteiger partial charge in [0, 0.05) is 42.5 Å². The second kappa shape index (κ2) is 10.6. The van der Waals surface area contributed by atoms with Crippen LogP contribution in [0.25, 0.3) is 0 Å². The van der Waals surface area contributed by atoms with Gasteiger partial charge >= 0.3 is 11.9 Å². The van der Waals surface area contributed by atoms with E-state index in [0.717, 1.165) is 30.0 Å². The summed E-state index contributed by atoms with van der Waals surface area (Å²) in [6, 6.07) is -0.402. The number of β-lactam (4-membered cyclic amide) rings is 1. The molecule has 1 aliphatic carbocycles. The minimum Gasteiger partial charge on any atom is -0.425 e. The number of rotatable bonds is 9. The Morgan fingerprint density at radius 3 is 2.39 bits per heavy atom. The number of nitrogens with two attached hydrogens (primary N) is 1. The van der Waals surface area contributed by atoms with Gasteiger partial charge in [-0.1, -0.05) is 26.2 Å². The summed E-state index contributed by atoms with van der Waals surface area (Å²) < 4.78 is 35.0. The fraction of sp³-hybridized carbons (Fsp3) is 0.783. The molecule has 3 aliphatic heterocycles. The van der Waals surface area contributed by atoms with Gasteiger partial charge in [-0.15, -0.1) is 11.8 Å². The normalized spacial score (nSPS) is 29.3. The maximum atomic E-state index is 13.2. The Morgan fingerprint density at radius 2 is 1.81 bits per heavy atom. The Labute approximate surface area is 215 Å². The van der Waals surface area contributed by atoms with Gasteiger partial charge in [-0.2, -0.15) is 12.7 Å². The zero-order chi connectivity index (χ0) is 26.4. The van der Waals surface area contributed by atoms with E-state index in [2.05, 4.69) is 0 Å². The standard InChI is InChI=1S/C23H35N3O8S2/c1-12-19-18(13(2)27)22(29)26(19)20(21(12)35-16-10-25(11-16)36(24,31)32)23(30)34-14(3)33-17(28)9-15-7-5-4-6-8-15/h12-16,18-19,27H,4-11H2,1-3H3,(H2,24,31,32)/t12-,13-,14?,18-,19-/m1/s1. The molecule has 2 saturated heterocycles. The Balaban J connectivity index is 1.44. The van der Waals surface area contributed by atoms with Gasteiger partial charge in [-0.3, -0.25) is 9.59 Å². The number of carbonyl (C=O) groups is 3. The molecule has 1 saturated carbocycles. The molecule has 4 rings (SSSR count). The summed E-state index contributed by atoms with van der Waals surface area (Å²) >= 11 is 1.32. The van der Waals surface area contributed by atoms with Crippen LogP contribution in [0.3, 0.4) is 0 Å². The van der Waals surface area contributed by atoms with Gasteiger partial charge in [0.2, 0.25) is 12.2 Å². The summed E-state index contributed by atoms with van der Waals surface area (Å²) in [4.78, 5) is 40.4. The Morgan fingerprint density at radius 1 is 1.17 bits per heavy atom. The second-order valence-corrected chi connectivity index (χ2v) is 13.1. The molecule has 3 heterocycles. The molecule has 0 aromatic rings. The lowest BCUT2D eigenvalue weighted by Crippen LogP contribution is -2.63. The SMILES string of the molecule is CC(OC(=O)CC1CCCCC1)OC(=O)C1=C(SC2CN(S(N)(=O)=O)C2)[C@H](C)[C@@H]2[C@@H]([C@@H](C)O)C(=O)N12. The van der Waals surface area contributed by atoms with Gasteiger partial charge in [0.25, 0.3) is 10.2 Å². The second-order valence-electron chi connectivity index (χ2n) is 10.2. The molecule has 13 heteroatoms. The average Bonchev–Trinajstić information content (AvgIpc) is 2.97. The summed E-state index contributed by atoms with van der Waals surface area (Å²) in [6.07, 6.45) is 3.63. The molecule has 202 valence electrons. The molecular weight excluding hydrogens is 510 g/mol. The van der Waals surface area contributed by atoms with Crippen molar-refractivity contribution in [1.29, 1.82) is 0 Å². The van der Waals surface area contributed by atoms with Gasteiger partial charge in [0.1, 0.15) is 5.70 Å². The van der Waals surface area contributed by atoms with E-state index in [1.54, 1.807) is 6.92 Å². The molecule has 0 bridgehead atoms. The van der Waals surface area contributed by atoms with Crippen molar-refractivity contribution in [3.8, 4) is 0 Å². The van der Waals surface area contributed by atoms with Gasteiger partial charge in [-0.25, -0.2) is 9.93 Å². The van der Waals surface area contributed by atoms with E-state index in [0.29, 0.717) is 4.91 Å². The van der Waals surface area contributed by atoms with Crippen LogP contribution in [0.2, 0.25) is 0 Å². The average molecular weight is 546 g/mol. The summed E-state index contributed by atoms with van der Waals surface area (Å²) in [6.45, 7) is 5.25. The van der Waals surface area contributed by atoms with Crippen LogP contribution in [0.15, 0.2) is 10.6 Å². The topological polar surface area (TPSA) is 157 Å². The number of thioether (sulfide) groups is 1. The van der Waals surface area contributed by atoms with Crippen LogP contribution < -0.4 is 5.14 Å². The third kappa shape index (κ3) is 5.45. The number of hydrogen-bond acceptors (Lipinski definition) is 9. The molecule has 1 amide bonds. The molecular formula is C23H35N3O8S2. The lowest BCUT2D eigenvalue weighted by Gasteiger charge is -2.46. The summed E-state index contributed by atoms with van der Waals surface area (Å²) in [7, 11) is -3.79. The third-order valence-electron chi connectivity index (χ3n) is 7.52. The van der Waals surface area contributed by atoms with Crippen molar-refractivity contribution >= 4 is 39.8 Å². The van der Waals surface area contributed by atoms with Crippen molar-refractivity contribution < 1.29 is 37.4 Å². The highest BCUT2D eigenvalue weighted by Gasteiger charge is 2.60. The third-order valence-corrected chi connectivity index (χ3v) is 9.99. The van der Waals surface area contributed by atoms with Gasteiger partial charge < -0.3 is 19.5 Å². The highest BCUT2D eigenvalue weighted by atomic mass is 32.2. The van der Waals surface area contributed by atoms with Crippen molar-refractivity contribution in [1.82, 2.24) is 9.21 Å². The number of fused-ring (bicyclic) bond motifs is 1. The zero-order valence-electron chi connectivity index (χ0n) is 20.8. The molecule has 3 fully saturated rings. The smallest absolute Gasteiger partial charge is 0.358 e. The molecule has 0 spiro atoms.